The van der Waals surface area contributed by atoms with Gasteiger partial charge in [0.2, 0.25) is 0 Å². The van der Waals surface area contributed by atoms with Gasteiger partial charge in [-0.15, -0.1) is 0 Å². The molecule has 0 unspecified atom stereocenters. The summed E-state index contributed by atoms with van der Waals surface area (Å²) in [5.41, 5.74) is 2.53. The number of fused-ring (bicyclic) bond motifs is 1. The third kappa shape index (κ3) is 1.85. The van der Waals surface area contributed by atoms with Crippen molar-refractivity contribution in [2.75, 3.05) is 7.11 Å². The minimum absolute atomic E-state index is 0.403. The first kappa shape index (κ1) is 11.4. The Hall–Kier alpha value is -2.69. The molecule has 0 saturated heterocycles. The van der Waals surface area contributed by atoms with Crippen molar-refractivity contribution in [2.45, 2.75) is 0 Å². The molecule has 0 amide bonds. The van der Waals surface area contributed by atoms with Gasteiger partial charge in [-0.25, -0.2) is 9.31 Å². The Kier molecular flexibility index (Phi) is 2.72. The van der Waals surface area contributed by atoms with Crippen LogP contribution >= 0.6 is 0 Å². The van der Waals surface area contributed by atoms with Crippen molar-refractivity contribution >= 4 is 11.5 Å². The molecule has 3 heterocycles. The van der Waals surface area contributed by atoms with Crippen molar-refractivity contribution < 1.29 is 9.53 Å². The SMILES string of the molecule is COC(=O)c1c(-c2cccnc2)nn2ccccc12. The van der Waals surface area contributed by atoms with Crippen molar-refractivity contribution in [2.24, 2.45) is 0 Å². The predicted molar refractivity (Wildman–Crippen MR) is 69.8 cm³/mol. The lowest BCUT2D eigenvalue weighted by molar-refractivity contribution is 0.0604. The largest absolute Gasteiger partial charge is 0.465 e. The Morgan fingerprint density at radius 3 is 2.89 bits per heavy atom. The van der Waals surface area contributed by atoms with Crippen molar-refractivity contribution in [1.29, 1.82) is 0 Å². The summed E-state index contributed by atoms with van der Waals surface area (Å²) in [6, 6.07) is 9.21. The maximum atomic E-state index is 12.0. The maximum Gasteiger partial charge on any atom is 0.342 e. The highest BCUT2D eigenvalue weighted by atomic mass is 16.5. The first-order valence-electron chi connectivity index (χ1n) is 5.77. The highest BCUT2D eigenvalue weighted by Gasteiger charge is 2.21. The molecule has 5 nitrogen and oxygen atoms in total. The van der Waals surface area contributed by atoms with Gasteiger partial charge in [-0.3, -0.25) is 4.98 Å². The summed E-state index contributed by atoms with van der Waals surface area (Å²) >= 11 is 0. The molecule has 19 heavy (non-hydrogen) atoms. The molecule has 3 aromatic rings. The molecule has 0 saturated carbocycles. The predicted octanol–water partition coefficient (Wildman–Crippen LogP) is 2.18. The number of hydrogen-bond donors (Lipinski definition) is 0. The summed E-state index contributed by atoms with van der Waals surface area (Å²) in [4.78, 5) is 16.0. The third-order valence-electron chi connectivity index (χ3n) is 2.86. The van der Waals surface area contributed by atoms with Crippen molar-refractivity contribution in [3.8, 4) is 11.3 Å². The van der Waals surface area contributed by atoms with Crippen LogP contribution in [0.1, 0.15) is 10.4 Å². The molecule has 0 spiro atoms. The molecule has 0 aliphatic heterocycles. The first-order valence-corrected chi connectivity index (χ1v) is 5.77. The van der Waals surface area contributed by atoms with Crippen molar-refractivity contribution in [3.63, 3.8) is 0 Å². The average molecular weight is 253 g/mol. The van der Waals surface area contributed by atoms with E-state index in [0.29, 0.717) is 16.8 Å². The fraction of sp³-hybridized carbons (Fsp3) is 0.0714. The van der Waals surface area contributed by atoms with Crippen molar-refractivity contribution in [3.05, 3.63) is 54.5 Å². The Balaban J connectivity index is 2.32. The van der Waals surface area contributed by atoms with E-state index in [4.69, 9.17) is 4.74 Å². The molecule has 0 aliphatic carbocycles. The number of esters is 1. The molecule has 0 atom stereocenters. The lowest BCUT2D eigenvalue weighted by atomic mass is 10.1. The van der Waals surface area contributed by atoms with E-state index in [1.165, 1.54) is 7.11 Å². The van der Waals surface area contributed by atoms with Crippen LogP contribution in [0.4, 0.5) is 0 Å². The zero-order chi connectivity index (χ0) is 13.2. The Morgan fingerprint density at radius 1 is 1.26 bits per heavy atom. The number of hydrogen-bond acceptors (Lipinski definition) is 4. The lowest BCUT2D eigenvalue weighted by Crippen LogP contribution is -2.02. The minimum Gasteiger partial charge on any atom is -0.465 e. The Morgan fingerprint density at radius 2 is 2.16 bits per heavy atom. The van der Waals surface area contributed by atoms with E-state index in [2.05, 4.69) is 10.1 Å². The van der Waals surface area contributed by atoms with Gasteiger partial charge in [0, 0.05) is 24.2 Å². The Labute approximate surface area is 109 Å². The molecule has 0 aromatic carbocycles. The average Bonchev–Trinajstić information content (AvgIpc) is 2.87. The number of carbonyl (C=O) groups is 1. The monoisotopic (exact) mass is 253 g/mol. The first-order chi connectivity index (χ1) is 9.31. The van der Waals surface area contributed by atoms with Gasteiger partial charge in [0.25, 0.3) is 0 Å². The molecular formula is C14H11N3O2. The topological polar surface area (TPSA) is 56.5 Å². The van der Waals surface area contributed by atoms with E-state index >= 15 is 0 Å². The lowest BCUT2D eigenvalue weighted by Gasteiger charge is -2.00. The van der Waals surface area contributed by atoms with E-state index in [9.17, 15) is 4.79 Å². The molecule has 0 fully saturated rings. The summed E-state index contributed by atoms with van der Waals surface area (Å²) in [5.74, 6) is -0.403. The van der Waals surface area contributed by atoms with Crippen LogP contribution in [-0.4, -0.2) is 27.7 Å². The third-order valence-corrected chi connectivity index (χ3v) is 2.86. The van der Waals surface area contributed by atoms with Gasteiger partial charge in [0.15, 0.2) is 0 Å². The van der Waals surface area contributed by atoms with Crippen LogP contribution in [0.25, 0.3) is 16.8 Å². The summed E-state index contributed by atoms with van der Waals surface area (Å²) in [6.45, 7) is 0. The molecule has 0 radical (unpaired) electrons. The van der Waals surface area contributed by atoms with Gasteiger partial charge in [0.05, 0.1) is 12.6 Å². The highest BCUT2D eigenvalue weighted by molar-refractivity contribution is 6.03. The number of ether oxygens (including phenoxy) is 1. The summed E-state index contributed by atoms with van der Waals surface area (Å²) in [5, 5.41) is 4.43. The maximum absolute atomic E-state index is 12.0. The van der Waals surface area contributed by atoms with E-state index in [1.807, 2.05) is 24.3 Å². The standard InChI is InChI=1S/C14H11N3O2/c1-19-14(18)12-11-6-2-3-8-17(11)16-13(12)10-5-4-7-15-9-10/h2-9H,1H3. The molecule has 94 valence electrons. The summed E-state index contributed by atoms with van der Waals surface area (Å²) in [7, 11) is 1.36. The smallest absolute Gasteiger partial charge is 0.342 e. The normalized spacial score (nSPS) is 10.6. The van der Waals surface area contributed by atoms with Crippen LogP contribution in [0.3, 0.4) is 0 Å². The number of pyridine rings is 2. The fourth-order valence-corrected chi connectivity index (χ4v) is 2.01. The number of aromatic nitrogens is 3. The van der Waals surface area contributed by atoms with Gasteiger partial charge in [0.1, 0.15) is 11.3 Å². The van der Waals surface area contributed by atoms with E-state index in [1.54, 1.807) is 29.2 Å². The number of rotatable bonds is 2. The molecule has 3 rings (SSSR count). The van der Waals surface area contributed by atoms with Gasteiger partial charge in [-0.2, -0.15) is 5.10 Å². The molecule has 5 heteroatoms. The molecular weight excluding hydrogens is 242 g/mol. The molecule has 0 N–H and O–H groups in total. The molecule has 3 aromatic heterocycles. The van der Waals surface area contributed by atoms with E-state index in [0.717, 1.165) is 5.56 Å². The second kappa shape index (κ2) is 4.53. The summed E-state index contributed by atoms with van der Waals surface area (Å²) < 4.78 is 6.51. The number of nitrogens with zero attached hydrogens (tertiary/aromatic N) is 3. The van der Waals surface area contributed by atoms with E-state index in [-0.39, 0.29) is 0 Å². The molecule has 0 aliphatic rings. The van der Waals surface area contributed by atoms with E-state index < -0.39 is 5.97 Å². The minimum atomic E-state index is -0.403. The second-order valence-corrected chi connectivity index (χ2v) is 3.99. The second-order valence-electron chi connectivity index (χ2n) is 3.99. The number of carbonyl (C=O) groups excluding carboxylic acids is 1. The van der Waals surface area contributed by atoms with Crippen LogP contribution in [0, 0.1) is 0 Å². The highest BCUT2D eigenvalue weighted by Crippen LogP contribution is 2.26. The van der Waals surface area contributed by atoms with Crippen LogP contribution in [0.5, 0.6) is 0 Å². The van der Waals surface area contributed by atoms with Gasteiger partial charge in [-0.1, -0.05) is 6.07 Å². The zero-order valence-electron chi connectivity index (χ0n) is 10.3. The van der Waals surface area contributed by atoms with Gasteiger partial charge < -0.3 is 4.74 Å². The van der Waals surface area contributed by atoms with Crippen LogP contribution in [-0.2, 0) is 4.74 Å². The molecule has 0 bridgehead atoms. The zero-order valence-corrected chi connectivity index (χ0v) is 10.3. The quantitative estimate of drug-likeness (QED) is 0.657. The Bertz CT molecular complexity index is 735. The number of methoxy groups -OCH3 is 1. The van der Waals surface area contributed by atoms with Crippen LogP contribution < -0.4 is 0 Å². The van der Waals surface area contributed by atoms with Crippen LogP contribution in [0.15, 0.2) is 48.9 Å². The van der Waals surface area contributed by atoms with Gasteiger partial charge in [-0.05, 0) is 24.3 Å². The van der Waals surface area contributed by atoms with Gasteiger partial charge >= 0.3 is 5.97 Å². The summed E-state index contributed by atoms with van der Waals surface area (Å²) in [6.07, 6.45) is 5.15. The van der Waals surface area contributed by atoms with Crippen molar-refractivity contribution in [1.82, 2.24) is 14.6 Å². The fourth-order valence-electron chi connectivity index (χ4n) is 2.01. The van der Waals surface area contributed by atoms with Crippen LogP contribution in [0.2, 0.25) is 0 Å².